The van der Waals surface area contributed by atoms with Crippen molar-refractivity contribution in [3.8, 4) is 0 Å². The summed E-state index contributed by atoms with van der Waals surface area (Å²) in [5.74, 6) is 0. The molecule has 1 unspecified atom stereocenters. The Hall–Kier alpha value is -0.840. The largest absolute Gasteiger partial charge is 0.412 e. The van der Waals surface area contributed by atoms with Crippen LogP contribution in [0.5, 0.6) is 0 Å². The lowest BCUT2D eigenvalue weighted by Crippen LogP contribution is -2.52. The zero-order valence-corrected chi connectivity index (χ0v) is 5.47. The lowest BCUT2D eigenvalue weighted by Gasteiger charge is -2.27. The van der Waals surface area contributed by atoms with E-state index in [-0.39, 0.29) is 0 Å². The van der Waals surface area contributed by atoms with E-state index < -0.39 is 11.7 Å². The molecule has 0 saturated carbocycles. The van der Waals surface area contributed by atoms with Crippen molar-refractivity contribution in [1.29, 1.82) is 0 Å². The minimum Gasteiger partial charge on any atom is -0.313 e. The first-order valence-electron chi connectivity index (χ1n) is 2.87. The molecule has 0 bridgehead atoms. The molecule has 1 heterocycles. The van der Waals surface area contributed by atoms with Crippen LogP contribution in [0.4, 0.5) is 13.2 Å². The van der Waals surface area contributed by atoms with E-state index in [0.717, 1.165) is 6.08 Å². The van der Waals surface area contributed by atoms with Crippen LogP contribution >= 0.6 is 0 Å². The zero-order chi connectivity index (χ0) is 8.54. The normalized spacial score (nSPS) is 30.9. The highest BCUT2D eigenvalue weighted by Crippen LogP contribution is 2.32. The Balaban J connectivity index is 2.84. The summed E-state index contributed by atoms with van der Waals surface area (Å²) in [6.07, 6.45) is -1.19. The maximum absolute atomic E-state index is 12.0. The second-order valence-electron chi connectivity index (χ2n) is 2.22. The number of alkyl halides is 3. The number of dihydropyridines is 1. The number of nitrogens with two attached hydrogens (primary N) is 1. The Morgan fingerprint density at radius 2 is 2.00 bits per heavy atom. The van der Waals surface area contributed by atoms with Gasteiger partial charge in [-0.3, -0.25) is 4.99 Å². The van der Waals surface area contributed by atoms with Crippen LogP contribution in [0.25, 0.3) is 0 Å². The summed E-state index contributed by atoms with van der Waals surface area (Å²) in [5.41, 5.74) is 2.57. The Kier molecular flexibility index (Phi) is 1.75. The predicted octanol–water partition coefficient (Wildman–Crippen LogP) is 1.05. The first kappa shape index (κ1) is 8.26. The second kappa shape index (κ2) is 2.34. The summed E-state index contributed by atoms with van der Waals surface area (Å²) in [4.78, 5) is 3.31. The molecule has 11 heavy (non-hydrogen) atoms. The van der Waals surface area contributed by atoms with Gasteiger partial charge in [-0.15, -0.1) is 0 Å². The number of rotatable bonds is 0. The molecule has 0 aromatic heterocycles. The van der Waals surface area contributed by atoms with Crippen molar-refractivity contribution < 1.29 is 13.2 Å². The molecule has 1 aliphatic rings. The van der Waals surface area contributed by atoms with Crippen LogP contribution in [0.1, 0.15) is 0 Å². The minimum absolute atomic E-state index is 0.674. The van der Waals surface area contributed by atoms with Crippen LogP contribution in [-0.4, -0.2) is 17.9 Å². The van der Waals surface area contributed by atoms with Gasteiger partial charge in [-0.2, -0.15) is 13.2 Å². The summed E-state index contributed by atoms with van der Waals surface area (Å²) in [6, 6.07) is 0. The highest BCUT2D eigenvalue weighted by atomic mass is 19.4. The third-order valence-corrected chi connectivity index (χ3v) is 1.32. The van der Waals surface area contributed by atoms with Crippen LogP contribution in [0.15, 0.2) is 17.1 Å². The molecule has 0 amide bonds. The lowest BCUT2D eigenvalue weighted by molar-refractivity contribution is -0.162. The van der Waals surface area contributed by atoms with Crippen LogP contribution in [-0.2, 0) is 0 Å². The summed E-state index contributed by atoms with van der Waals surface area (Å²) in [7, 11) is 0. The smallest absolute Gasteiger partial charge is 0.313 e. The monoisotopic (exact) mass is 163 g/mol. The fraction of sp³-hybridized carbons (Fsp3) is 0.333. The van der Waals surface area contributed by atoms with Gasteiger partial charge in [0.15, 0.2) is 5.54 Å². The molecule has 5 heteroatoms. The Morgan fingerprint density at radius 1 is 1.36 bits per heavy atom. The van der Waals surface area contributed by atoms with Crippen LogP contribution in [0.2, 0.25) is 0 Å². The van der Waals surface area contributed by atoms with E-state index in [9.17, 15) is 13.2 Å². The van der Waals surface area contributed by atoms with E-state index in [2.05, 4.69) is 4.99 Å². The molecule has 0 aromatic carbocycles. The van der Waals surface area contributed by atoms with Crippen molar-refractivity contribution in [2.45, 2.75) is 11.7 Å². The van der Waals surface area contributed by atoms with E-state index in [1.807, 2.05) is 0 Å². The first-order chi connectivity index (χ1) is 4.96. The molecule has 0 aromatic rings. The molecule has 0 aliphatic carbocycles. The predicted molar refractivity (Wildman–Crippen MR) is 34.9 cm³/mol. The third kappa shape index (κ3) is 1.42. The van der Waals surface area contributed by atoms with Crippen LogP contribution in [0.3, 0.4) is 0 Å². The van der Waals surface area contributed by atoms with Gasteiger partial charge in [-0.1, -0.05) is 6.08 Å². The molecular formula is C6H6F3N2. The fourth-order valence-electron chi connectivity index (χ4n) is 0.629. The number of nitrogens with zero attached hydrogens (tertiary/aromatic N) is 1. The topological polar surface area (TPSA) is 38.4 Å². The Morgan fingerprint density at radius 3 is 2.27 bits per heavy atom. The molecule has 1 rings (SSSR count). The van der Waals surface area contributed by atoms with Gasteiger partial charge < -0.3 is 5.73 Å². The average molecular weight is 163 g/mol. The SMILES string of the molecule is NC1(C(F)(F)F)[CH]N=CC=C1. The maximum atomic E-state index is 12.0. The van der Waals surface area contributed by atoms with E-state index in [0.29, 0.717) is 6.54 Å². The quantitative estimate of drug-likeness (QED) is 0.569. The number of hydrogen-bond acceptors (Lipinski definition) is 2. The van der Waals surface area contributed by atoms with Gasteiger partial charge >= 0.3 is 6.18 Å². The van der Waals surface area contributed by atoms with Crippen molar-refractivity contribution in [3.63, 3.8) is 0 Å². The standard InChI is InChI=1S/C6H6F3N2/c7-6(8,9)5(10)2-1-3-11-4-5/h1-4H,10H2. The summed E-state index contributed by atoms with van der Waals surface area (Å²) in [5, 5.41) is 0. The fourth-order valence-corrected chi connectivity index (χ4v) is 0.629. The number of halogens is 3. The molecule has 2 nitrogen and oxygen atoms in total. The summed E-state index contributed by atoms with van der Waals surface area (Å²) < 4.78 is 36.1. The van der Waals surface area contributed by atoms with Crippen molar-refractivity contribution in [3.05, 3.63) is 18.7 Å². The minimum atomic E-state index is -4.47. The van der Waals surface area contributed by atoms with Gasteiger partial charge in [0.2, 0.25) is 0 Å². The van der Waals surface area contributed by atoms with Crippen molar-refractivity contribution >= 4 is 6.21 Å². The zero-order valence-electron chi connectivity index (χ0n) is 5.47. The average Bonchev–Trinajstić information content (AvgIpc) is 1.87. The maximum Gasteiger partial charge on any atom is 0.412 e. The van der Waals surface area contributed by atoms with E-state index in [1.54, 1.807) is 0 Å². The van der Waals surface area contributed by atoms with Gasteiger partial charge in [-0.25, -0.2) is 0 Å². The highest BCUT2D eigenvalue weighted by Gasteiger charge is 2.50. The molecule has 0 saturated heterocycles. The molecular weight excluding hydrogens is 157 g/mol. The van der Waals surface area contributed by atoms with Crippen LogP contribution in [0, 0.1) is 6.54 Å². The van der Waals surface area contributed by atoms with Crippen molar-refractivity contribution in [2.75, 3.05) is 0 Å². The number of aliphatic imine (C=N–C) groups is 1. The van der Waals surface area contributed by atoms with Crippen LogP contribution < -0.4 is 5.73 Å². The second-order valence-corrected chi connectivity index (χ2v) is 2.22. The number of allylic oxidation sites excluding steroid dienone is 1. The molecule has 0 fully saturated rings. The van der Waals surface area contributed by atoms with Crippen molar-refractivity contribution in [2.24, 2.45) is 10.7 Å². The summed E-state index contributed by atoms with van der Waals surface area (Å²) >= 11 is 0. The molecule has 0 spiro atoms. The Bertz CT molecular complexity index is 206. The number of hydrogen-bond donors (Lipinski definition) is 1. The van der Waals surface area contributed by atoms with Crippen molar-refractivity contribution in [1.82, 2.24) is 0 Å². The third-order valence-electron chi connectivity index (χ3n) is 1.32. The molecule has 61 valence electrons. The molecule has 2 N–H and O–H groups in total. The molecule has 1 atom stereocenters. The molecule has 1 aliphatic heterocycles. The van der Waals surface area contributed by atoms with Gasteiger partial charge in [0, 0.05) is 6.21 Å². The van der Waals surface area contributed by atoms with E-state index in [4.69, 9.17) is 5.73 Å². The lowest BCUT2D eigenvalue weighted by atomic mass is 9.98. The Labute approximate surface area is 61.6 Å². The first-order valence-corrected chi connectivity index (χ1v) is 2.87. The van der Waals surface area contributed by atoms with Gasteiger partial charge in [0.25, 0.3) is 0 Å². The molecule has 1 radical (unpaired) electrons. The van der Waals surface area contributed by atoms with E-state index >= 15 is 0 Å². The van der Waals surface area contributed by atoms with Gasteiger partial charge in [-0.05, 0) is 6.08 Å². The van der Waals surface area contributed by atoms with E-state index in [1.165, 1.54) is 12.3 Å². The van der Waals surface area contributed by atoms with Gasteiger partial charge in [0.05, 0.1) is 0 Å². The highest BCUT2D eigenvalue weighted by molar-refractivity contribution is 5.73. The van der Waals surface area contributed by atoms with Gasteiger partial charge in [0.1, 0.15) is 6.54 Å². The summed E-state index contributed by atoms with van der Waals surface area (Å²) in [6.45, 7) is 0.674.